The highest BCUT2D eigenvalue weighted by Gasteiger charge is 2.18. The molecule has 0 fully saturated rings. The van der Waals surface area contributed by atoms with Gasteiger partial charge in [-0.25, -0.2) is 5.48 Å². The zero-order chi connectivity index (χ0) is 12.5. The van der Waals surface area contributed by atoms with Crippen molar-refractivity contribution >= 4 is 38.5 Å². The molecule has 0 unspecified atom stereocenters. The van der Waals surface area contributed by atoms with Gasteiger partial charge in [-0.15, -0.1) is 11.3 Å². The van der Waals surface area contributed by atoms with Gasteiger partial charge in [0.15, 0.2) is 5.75 Å². The molecule has 18 heavy (non-hydrogen) atoms. The normalized spacial score (nSPS) is 13.9. The molecule has 3 rings (SSSR count). The van der Waals surface area contributed by atoms with Gasteiger partial charge >= 0.3 is 0 Å². The van der Waals surface area contributed by atoms with Crippen LogP contribution in [0.25, 0.3) is 11.3 Å². The van der Waals surface area contributed by atoms with Crippen LogP contribution in [0.5, 0.6) is 5.75 Å². The smallest absolute Gasteiger partial charge is 0.162 e. The second kappa shape index (κ2) is 4.78. The standard InChI is InChI=1S/C14H12BrNOS/c1-9-11-4-2-3-5-12(11)17-16-14(9)13-6-10(7-15)8-18-13/h2-6,8,16H,7H2,1H3. The van der Waals surface area contributed by atoms with Gasteiger partial charge in [-0.3, -0.25) is 0 Å². The highest BCUT2D eigenvalue weighted by Crippen LogP contribution is 2.36. The lowest BCUT2D eigenvalue weighted by Gasteiger charge is -2.22. The number of hydrogen-bond acceptors (Lipinski definition) is 3. The van der Waals surface area contributed by atoms with Gasteiger partial charge in [-0.1, -0.05) is 34.1 Å². The van der Waals surface area contributed by atoms with Crippen molar-refractivity contribution in [2.45, 2.75) is 12.3 Å². The lowest BCUT2D eigenvalue weighted by molar-refractivity contribution is 0.248. The molecule has 2 nitrogen and oxygen atoms in total. The van der Waals surface area contributed by atoms with Crippen LogP contribution in [0, 0.1) is 0 Å². The van der Waals surface area contributed by atoms with E-state index in [4.69, 9.17) is 4.84 Å². The molecule has 0 atom stereocenters. The molecule has 1 aromatic carbocycles. The molecule has 0 radical (unpaired) electrons. The fraction of sp³-hybridized carbons (Fsp3) is 0.143. The number of para-hydroxylation sites is 1. The SMILES string of the molecule is CC1=C(c2cc(CBr)cs2)NOc2ccccc21. The van der Waals surface area contributed by atoms with Crippen LogP contribution < -0.4 is 10.3 Å². The highest BCUT2D eigenvalue weighted by molar-refractivity contribution is 9.08. The first-order valence-corrected chi connectivity index (χ1v) is 7.66. The molecule has 4 heteroatoms. The minimum absolute atomic E-state index is 0.882. The molecule has 1 aliphatic heterocycles. The molecule has 2 aromatic rings. The fourth-order valence-electron chi connectivity index (χ4n) is 1.99. The third-order valence-electron chi connectivity index (χ3n) is 2.98. The van der Waals surface area contributed by atoms with E-state index in [1.54, 1.807) is 11.3 Å². The average molecular weight is 322 g/mol. The molecule has 92 valence electrons. The summed E-state index contributed by atoms with van der Waals surface area (Å²) in [5, 5.41) is 3.04. The quantitative estimate of drug-likeness (QED) is 0.826. The molecule has 1 N–H and O–H groups in total. The first kappa shape index (κ1) is 11.8. The fourth-order valence-corrected chi connectivity index (χ4v) is 3.49. The van der Waals surface area contributed by atoms with Crippen LogP contribution in [0.1, 0.15) is 22.9 Å². The largest absolute Gasteiger partial charge is 0.381 e. The van der Waals surface area contributed by atoms with E-state index in [2.05, 4.69) is 45.8 Å². The number of hydroxylamine groups is 1. The van der Waals surface area contributed by atoms with Crippen LogP contribution in [-0.2, 0) is 5.33 Å². The molecular formula is C14H12BrNOS. The van der Waals surface area contributed by atoms with Gasteiger partial charge in [0.05, 0.1) is 10.6 Å². The summed E-state index contributed by atoms with van der Waals surface area (Å²) in [6.45, 7) is 2.12. The van der Waals surface area contributed by atoms with Crippen molar-refractivity contribution in [2.24, 2.45) is 0 Å². The molecular weight excluding hydrogens is 310 g/mol. The van der Waals surface area contributed by atoms with E-state index in [9.17, 15) is 0 Å². The summed E-state index contributed by atoms with van der Waals surface area (Å²) >= 11 is 5.20. The van der Waals surface area contributed by atoms with E-state index < -0.39 is 0 Å². The maximum Gasteiger partial charge on any atom is 0.162 e. The highest BCUT2D eigenvalue weighted by atomic mass is 79.9. The van der Waals surface area contributed by atoms with E-state index in [-0.39, 0.29) is 0 Å². The Labute approximate surface area is 118 Å². The monoisotopic (exact) mass is 321 g/mol. The molecule has 0 spiro atoms. The van der Waals surface area contributed by atoms with Crippen LogP contribution in [0.3, 0.4) is 0 Å². The Morgan fingerprint density at radius 2 is 2.17 bits per heavy atom. The Morgan fingerprint density at radius 1 is 1.33 bits per heavy atom. The summed E-state index contributed by atoms with van der Waals surface area (Å²) in [7, 11) is 0. The number of nitrogens with one attached hydrogen (secondary N) is 1. The van der Waals surface area contributed by atoms with Gasteiger partial charge < -0.3 is 4.84 Å². The molecule has 0 aliphatic carbocycles. The first-order valence-electron chi connectivity index (χ1n) is 5.66. The van der Waals surface area contributed by atoms with Crippen LogP contribution in [0.2, 0.25) is 0 Å². The van der Waals surface area contributed by atoms with Crippen LogP contribution in [-0.4, -0.2) is 0 Å². The number of benzene rings is 1. The maximum atomic E-state index is 5.59. The predicted octanol–water partition coefficient (Wildman–Crippen LogP) is 4.43. The average Bonchev–Trinajstić information content (AvgIpc) is 2.88. The Morgan fingerprint density at radius 3 is 2.94 bits per heavy atom. The molecule has 1 aromatic heterocycles. The molecule has 2 heterocycles. The van der Waals surface area contributed by atoms with Crippen molar-refractivity contribution in [3.8, 4) is 5.75 Å². The van der Waals surface area contributed by atoms with Crippen molar-refractivity contribution < 1.29 is 4.84 Å². The summed E-state index contributed by atoms with van der Waals surface area (Å²) in [6, 6.07) is 10.3. The topological polar surface area (TPSA) is 21.3 Å². The Balaban J connectivity index is 2.08. The number of hydrogen-bond donors (Lipinski definition) is 1. The number of halogens is 1. The van der Waals surface area contributed by atoms with Crippen molar-refractivity contribution in [1.82, 2.24) is 5.48 Å². The van der Waals surface area contributed by atoms with Gasteiger partial charge in [-0.2, -0.15) is 0 Å². The number of alkyl halides is 1. The van der Waals surface area contributed by atoms with E-state index in [0.29, 0.717) is 0 Å². The van der Waals surface area contributed by atoms with Gasteiger partial charge in [-0.05, 0) is 35.6 Å². The minimum Gasteiger partial charge on any atom is -0.381 e. The van der Waals surface area contributed by atoms with Gasteiger partial charge in [0.25, 0.3) is 0 Å². The second-order valence-electron chi connectivity index (χ2n) is 4.15. The second-order valence-corrected chi connectivity index (χ2v) is 5.63. The van der Waals surface area contributed by atoms with Crippen LogP contribution in [0.15, 0.2) is 35.7 Å². The Bertz CT molecular complexity index is 618. The van der Waals surface area contributed by atoms with E-state index in [0.717, 1.165) is 22.3 Å². The predicted molar refractivity (Wildman–Crippen MR) is 79.6 cm³/mol. The van der Waals surface area contributed by atoms with Crippen LogP contribution >= 0.6 is 27.3 Å². The number of rotatable bonds is 2. The molecule has 0 saturated carbocycles. The molecule has 0 bridgehead atoms. The number of allylic oxidation sites excluding steroid dienone is 1. The molecule has 0 amide bonds. The summed E-state index contributed by atoms with van der Waals surface area (Å²) in [6.07, 6.45) is 0. The third kappa shape index (κ3) is 1.95. The first-order chi connectivity index (χ1) is 8.79. The minimum atomic E-state index is 0.882. The lowest BCUT2D eigenvalue weighted by atomic mass is 10.0. The maximum absolute atomic E-state index is 5.59. The molecule has 0 saturated heterocycles. The number of thiophene rings is 1. The number of fused-ring (bicyclic) bond motifs is 1. The van der Waals surface area contributed by atoms with Crippen molar-refractivity contribution in [3.05, 3.63) is 51.7 Å². The Kier molecular flexibility index (Phi) is 3.14. The van der Waals surface area contributed by atoms with Crippen LogP contribution in [0.4, 0.5) is 0 Å². The van der Waals surface area contributed by atoms with Gasteiger partial charge in [0.1, 0.15) is 0 Å². The summed E-state index contributed by atoms with van der Waals surface area (Å²) in [4.78, 5) is 6.80. The van der Waals surface area contributed by atoms with Crippen molar-refractivity contribution in [3.63, 3.8) is 0 Å². The summed E-state index contributed by atoms with van der Waals surface area (Å²) < 4.78 is 0. The summed E-state index contributed by atoms with van der Waals surface area (Å²) in [5.74, 6) is 0.885. The van der Waals surface area contributed by atoms with E-state index in [1.165, 1.54) is 16.0 Å². The Hall–Kier alpha value is -1.26. The van der Waals surface area contributed by atoms with Crippen molar-refractivity contribution in [1.29, 1.82) is 0 Å². The van der Waals surface area contributed by atoms with E-state index in [1.807, 2.05) is 18.2 Å². The van der Waals surface area contributed by atoms with E-state index >= 15 is 0 Å². The lowest BCUT2D eigenvalue weighted by Crippen LogP contribution is -2.21. The summed E-state index contributed by atoms with van der Waals surface area (Å²) in [5.41, 5.74) is 7.78. The third-order valence-corrected chi connectivity index (χ3v) is 4.63. The van der Waals surface area contributed by atoms with Gasteiger partial charge in [0.2, 0.25) is 0 Å². The zero-order valence-corrected chi connectivity index (χ0v) is 12.3. The zero-order valence-electron chi connectivity index (χ0n) is 9.87. The van der Waals surface area contributed by atoms with Gasteiger partial charge in [0, 0.05) is 10.9 Å². The molecule has 1 aliphatic rings. The van der Waals surface area contributed by atoms with Crippen molar-refractivity contribution in [2.75, 3.05) is 0 Å².